The Hall–Kier alpha value is -1.02. The van der Waals surface area contributed by atoms with Gasteiger partial charge in [0.2, 0.25) is 0 Å². The van der Waals surface area contributed by atoms with E-state index in [1.807, 2.05) is 18.2 Å². The van der Waals surface area contributed by atoms with Gasteiger partial charge in [-0.25, -0.2) is 0 Å². The third kappa shape index (κ3) is 3.07. The predicted molar refractivity (Wildman–Crippen MR) is 54.9 cm³/mol. The van der Waals surface area contributed by atoms with Gasteiger partial charge in [0.25, 0.3) is 0 Å². The van der Waals surface area contributed by atoms with Gasteiger partial charge in [0.1, 0.15) is 11.9 Å². The largest absolute Gasteiger partial charge is 0.489 e. The fraction of sp³-hybridized carbons (Fsp3) is 0.455. The highest BCUT2D eigenvalue weighted by atomic mass is 16.5. The summed E-state index contributed by atoms with van der Waals surface area (Å²) in [6.07, 6.45) is 1.09. The van der Waals surface area contributed by atoms with Crippen molar-refractivity contribution in [3.8, 4) is 5.75 Å². The summed E-state index contributed by atoms with van der Waals surface area (Å²) in [7, 11) is 0. The zero-order valence-corrected chi connectivity index (χ0v) is 8.29. The first-order valence-corrected chi connectivity index (χ1v) is 4.69. The molecule has 0 bridgehead atoms. The molecular formula is C11H17NO. The molecule has 2 nitrogen and oxygen atoms in total. The highest BCUT2D eigenvalue weighted by molar-refractivity contribution is 5.27. The van der Waals surface area contributed by atoms with Crippen molar-refractivity contribution in [2.45, 2.75) is 26.4 Å². The van der Waals surface area contributed by atoms with E-state index in [0.717, 1.165) is 12.2 Å². The van der Waals surface area contributed by atoms with Crippen LogP contribution in [0.25, 0.3) is 0 Å². The van der Waals surface area contributed by atoms with Gasteiger partial charge in [0.15, 0.2) is 0 Å². The van der Waals surface area contributed by atoms with Crippen LogP contribution in [0.3, 0.4) is 0 Å². The van der Waals surface area contributed by atoms with E-state index in [0.29, 0.717) is 6.54 Å². The van der Waals surface area contributed by atoms with E-state index in [1.54, 1.807) is 0 Å². The zero-order valence-electron chi connectivity index (χ0n) is 8.29. The highest BCUT2D eigenvalue weighted by Gasteiger charge is 2.04. The molecule has 0 aliphatic rings. The number of hydrogen-bond acceptors (Lipinski definition) is 2. The topological polar surface area (TPSA) is 35.2 Å². The average molecular weight is 179 g/mol. The second kappa shape index (κ2) is 4.87. The zero-order chi connectivity index (χ0) is 9.68. The summed E-state index contributed by atoms with van der Waals surface area (Å²) >= 11 is 0. The maximum Gasteiger partial charge on any atom is 0.120 e. The lowest BCUT2D eigenvalue weighted by Crippen LogP contribution is -2.25. The Kier molecular flexibility index (Phi) is 3.77. The Labute approximate surface area is 79.7 Å². The van der Waals surface area contributed by atoms with Gasteiger partial charge in [-0.3, -0.25) is 0 Å². The van der Waals surface area contributed by atoms with Crippen LogP contribution in [0.5, 0.6) is 5.75 Å². The van der Waals surface area contributed by atoms with Crippen LogP contribution in [0, 0.1) is 6.92 Å². The summed E-state index contributed by atoms with van der Waals surface area (Å²) in [6.45, 7) is 4.70. The first kappa shape index (κ1) is 10.1. The van der Waals surface area contributed by atoms with E-state index < -0.39 is 0 Å². The molecule has 1 unspecified atom stereocenters. The molecule has 1 atom stereocenters. The molecule has 13 heavy (non-hydrogen) atoms. The number of nitrogens with two attached hydrogens (primary N) is 1. The van der Waals surface area contributed by atoms with Gasteiger partial charge < -0.3 is 10.5 Å². The minimum Gasteiger partial charge on any atom is -0.489 e. The Morgan fingerprint density at radius 2 is 2.23 bits per heavy atom. The van der Waals surface area contributed by atoms with Gasteiger partial charge in [-0.05, 0) is 31.0 Å². The predicted octanol–water partition coefficient (Wildman–Crippen LogP) is 2.11. The fourth-order valence-corrected chi connectivity index (χ4v) is 1.18. The van der Waals surface area contributed by atoms with E-state index in [2.05, 4.69) is 19.9 Å². The standard InChI is InChI=1S/C11H17NO/c1-3-10(8-12)13-11-6-4-5-9(2)7-11/h4-7,10H,3,8,12H2,1-2H3. The maximum atomic E-state index is 5.67. The van der Waals surface area contributed by atoms with E-state index >= 15 is 0 Å². The monoisotopic (exact) mass is 179 g/mol. The average Bonchev–Trinajstić information content (AvgIpc) is 2.14. The molecule has 0 radical (unpaired) electrons. The lowest BCUT2D eigenvalue weighted by atomic mass is 10.2. The Morgan fingerprint density at radius 3 is 2.77 bits per heavy atom. The van der Waals surface area contributed by atoms with Crippen molar-refractivity contribution in [3.63, 3.8) is 0 Å². The molecule has 0 aliphatic carbocycles. The lowest BCUT2D eigenvalue weighted by molar-refractivity contribution is 0.205. The quantitative estimate of drug-likeness (QED) is 0.768. The molecule has 0 aromatic heterocycles. The molecular weight excluding hydrogens is 162 g/mol. The molecule has 0 fully saturated rings. The molecule has 2 N–H and O–H groups in total. The molecule has 2 heteroatoms. The minimum atomic E-state index is 0.141. The summed E-state index contributed by atoms with van der Waals surface area (Å²) in [5.41, 5.74) is 6.76. The van der Waals surface area contributed by atoms with E-state index in [9.17, 15) is 0 Å². The van der Waals surface area contributed by atoms with Gasteiger partial charge >= 0.3 is 0 Å². The molecule has 1 aromatic carbocycles. The van der Waals surface area contributed by atoms with Crippen LogP contribution in [0.1, 0.15) is 18.9 Å². The van der Waals surface area contributed by atoms with Crippen molar-refractivity contribution in [2.75, 3.05) is 6.54 Å². The van der Waals surface area contributed by atoms with Crippen molar-refractivity contribution in [2.24, 2.45) is 5.73 Å². The molecule has 0 aliphatic heterocycles. The minimum absolute atomic E-state index is 0.141. The van der Waals surface area contributed by atoms with Gasteiger partial charge in [0, 0.05) is 6.54 Å². The number of benzene rings is 1. The van der Waals surface area contributed by atoms with Crippen LogP contribution in [0.4, 0.5) is 0 Å². The molecule has 1 rings (SSSR count). The Balaban J connectivity index is 2.62. The van der Waals surface area contributed by atoms with Gasteiger partial charge in [-0.15, -0.1) is 0 Å². The second-order valence-electron chi connectivity index (χ2n) is 3.20. The molecule has 0 heterocycles. The lowest BCUT2D eigenvalue weighted by Gasteiger charge is -2.15. The summed E-state index contributed by atoms with van der Waals surface area (Å²) in [5, 5.41) is 0. The van der Waals surface area contributed by atoms with Crippen molar-refractivity contribution < 1.29 is 4.74 Å². The van der Waals surface area contributed by atoms with Gasteiger partial charge in [0.05, 0.1) is 0 Å². The molecule has 72 valence electrons. The van der Waals surface area contributed by atoms with Crippen LogP contribution in [0.2, 0.25) is 0 Å². The Bertz CT molecular complexity index is 256. The normalized spacial score (nSPS) is 12.5. The molecule has 0 amide bonds. The summed E-state index contributed by atoms with van der Waals surface area (Å²) in [6, 6.07) is 8.04. The molecule has 0 spiro atoms. The SMILES string of the molecule is CCC(CN)Oc1cccc(C)c1. The first-order valence-electron chi connectivity index (χ1n) is 4.69. The van der Waals surface area contributed by atoms with E-state index in [4.69, 9.17) is 10.5 Å². The summed E-state index contributed by atoms with van der Waals surface area (Å²) in [5.74, 6) is 0.914. The van der Waals surface area contributed by atoms with Crippen LogP contribution in [-0.4, -0.2) is 12.6 Å². The third-order valence-corrected chi connectivity index (χ3v) is 2.01. The Morgan fingerprint density at radius 1 is 1.46 bits per heavy atom. The second-order valence-corrected chi connectivity index (χ2v) is 3.20. The van der Waals surface area contributed by atoms with Crippen molar-refractivity contribution in [1.29, 1.82) is 0 Å². The maximum absolute atomic E-state index is 5.67. The van der Waals surface area contributed by atoms with Crippen LogP contribution in [0.15, 0.2) is 24.3 Å². The molecule has 1 aromatic rings. The van der Waals surface area contributed by atoms with Crippen LogP contribution in [-0.2, 0) is 0 Å². The number of rotatable bonds is 4. The fourth-order valence-electron chi connectivity index (χ4n) is 1.18. The number of ether oxygens (including phenoxy) is 1. The van der Waals surface area contributed by atoms with Crippen molar-refractivity contribution >= 4 is 0 Å². The summed E-state index contributed by atoms with van der Waals surface area (Å²) in [4.78, 5) is 0. The number of aryl methyl sites for hydroxylation is 1. The molecule has 0 saturated heterocycles. The number of hydrogen-bond donors (Lipinski definition) is 1. The smallest absolute Gasteiger partial charge is 0.120 e. The molecule has 0 saturated carbocycles. The van der Waals surface area contributed by atoms with Crippen LogP contribution < -0.4 is 10.5 Å². The van der Waals surface area contributed by atoms with E-state index in [1.165, 1.54) is 5.56 Å². The highest BCUT2D eigenvalue weighted by Crippen LogP contribution is 2.14. The third-order valence-electron chi connectivity index (χ3n) is 2.01. The van der Waals surface area contributed by atoms with Gasteiger partial charge in [-0.1, -0.05) is 19.1 Å². The first-order chi connectivity index (χ1) is 6.26. The summed E-state index contributed by atoms with van der Waals surface area (Å²) < 4.78 is 5.67. The van der Waals surface area contributed by atoms with Crippen molar-refractivity contribution in [1.82, 2.24) is 0 Å². The van der Waals surface area contributed by atoms with Crippen LogP contribution >= 0.6 is 0 Å². The van der Waals surface area contributed by atoms with Gasteiger partial charge in [-0.2, -0.15) is 0 Å². The van der Waals surface area contributed by atoms with Crippen molar-refractivity contribution in [3.05, 3.63) is 29.8 Å². The van der Waals surface area contributed by atoms with E-state index in [-0.39, 0.29) is 6.10 Å².